The number of hydrogen-bond donors (Lipinski definition) is 1. The van der Waals surface area contributed by atoms with Gasteiger partial charge in [-0.15, -0.1) is 0 Å². The number of aromatic nitrogens is 2. The van der Waals surface area contributed by atoms with E-state index in [1.807, 2.05) is 0 Å². The number of nitrogens with zero attached hydrogens (tertiary/aromatic N) is 3. The van der Waals surface area contributed by atoms with Gasteiger partial charge < -0.3 is 9.84 Å². The second-order valence-electron chi connectivity index (χ2n) is 7.80. The molecule has 1 aliphatic rings. The second-order valence-corrected chi connectivity index (χ2v) is 8.19. The first-order chi connectivity index (χ1) is 16.8. The molecule has 0 saturated heterocycles. The number of benzene rings is 3. The average Bonchev–Trinajstić information content (AvgIpc) is 3.31. The minimum atomic E-state index is -1.04. The highest BCUT2D eigenvalue weighted by Gasteiger charge is 2.35. The lowest BCUT2D eigenvalue weighted by atomic mass is 9.94. The van der Waals surface area contributed by atoms with Crippen LogP contribution in [-0.2, 0) is 0 Å². The summed E-state index contributed by atoms with van der Waals surface area (Å²) in [5.41, 5.74) is 2.10. The third-order valence-electron chi connectivity index (χ3n) is 5.57. The maximum atomic E-state index is 14.1. The summed E-state index contributed by atoms with van der Waals surface area (Å²) in [7, 11) is 0. The minimum Gasteiger partial charge on any atom is -0.351 e. The molecule has 1 unspecified atom stereocenters. The van der Waals surface area contributed by atoms with Gasteiger partial charge in [-0.25, -0.2) is 17.6 Å². The summed E-state index contributed by atoms with van der Waals surface area (Å²) in [6.45, 7) is 1.70. The monoisotopic (exact) mass is 496 g/mol. The quantitative estimate of drug-likeness (QED) is 0.270. The zero-order chi connectivity index (χ0) is 24.7. The van der Waals surface area contributed by atoms with Crippen molar-refractivity contribution in [3.05, 3.63) is 107 Å². The number of hydrogen-bond acceptors (Lipinski definition) is 4. The van der Waals surface area contributed by atoms with Crippen LogP contribution in [-0.4, -0.2) is 15.3 Å². The SMILES string of the molecule is CC1=C(c2nc(-c3cccc(F)c3)no2)C(c2cccc(F)c2)NC(=S)N1c1ccc(F)c(F)c1. The van der Waals surface area contributed by atoms with E-state index in [-0.39, 0.29) is 22.5 Å². The predicted octanol–water partition coefficient (Wildman–Crippen LogP) is 6.16. The van der Waals surface area contributed by atoms with Gasteiger partial charge in [0.1, 0.15) is 11.6 Å². The Balaban J connectivity index is 1.67. The Morgan fingerprint density at radius 3 is 2.37 bits per heavy atom. The van der Waals surface area contributed by atoms with Crippen LogP contribution in [0.5, 0.6) is 0 Å². The van der Waals surface area contributed by atoms with Gasteiger partial charge in [0, 0.05) is 17.3 Å². The molecule has 4 aromatic rings. The van der Waals surface area contributed by atoms with E-state index in [4.69, 9.17) is 16.7 Å². The summed E-state index contributed by atoms with van der Waals surface area (Å²) in [5, 5.41) is 7.26. The summed E-state index contributed by atoms with van der Waals surface area (Å²) in [5.74, 6) is -2.75. The van der Waals surface area contributed by atoms with Crippen LogP contribution in [0.1, 0.15) is 24.4 Å². The first kappa shape index (κ1) is 22.7. The molecule has 5 nitrogen and oxygen atoms in total. The molecule has 0 spiro atoms. The molecule has 1 N–H and O–H groups in total. The lowest BCUT2D eigenvalue weighted by molar-refractivity contribution is 0.404. The highest BCUT2D eigenvalue weighted by Crippen LogP contribution is 2.39. The van der Waals surface area contributed by atoms with Crippen LogP contribution in [0, 0.1) is 23.3 Å². The van der Waals surface area contributed by atoms with E-state index < -0.39 is 29.3 Å². The molecule has 3 aromatic carbocycles. The van der Waals surface area contributed by atoms with Crippen LogP contribution in [0.4, 0.5) is 23.2 Å². The fourth-order valence-corrected chi connectivity index (χ4v) is 4.33. The molecule has 35 heavy (non-hydrogen) atoms. The molecule has 0 saturated carbocycles. The van der Waals surface area contributed by atoms with Crippen molar-refractivity contribution in [1.82, 2.24) is 15.5 Å². The molecule has 176 valence electrons. The van der Waals surface area contributed by atoms with Crippen molar-refractivity contribution in [3.8, 4) is 11.4 Å². The smallest absolute Gasteiger partial charge is 0.258 e. The van der Waals surface area contributed by atoms with Gasteiger partial charge in [0.2, 0.25) is 5.82 Å². The molecular formula is C25H16F4N4OS. The average molecular weight is 496 g/mol. The Bertz CT molecular complexity index is 1490. The van der Waals surface area contributed by atoms with E-state index >= 15 is 0 Å². The zero-order valence-electron chi connectivity index (χ0n) is 18.1. The molecule has 2 heterocycles. The van der Waals surface area contributed by atoms with E-state index in [0.717, 1.165) is 12.1 Å². The highest BCUT2D eigenvalue weighted by atomic mass is 32.1. The third-order valence-corrected chi connectivity index (χ3v) is 5.87. The molecule has 0 radical (unpaired) electrons. The van der Waals surface area contributed by atoms with Crippen molar-refractivity contribution in [3.63, 3.8) is 0 Å². The highest BCUT2D eigenvalue weighted by molar-refractivity contribution is 7.80. The molecule has 5 rings (SSSR count). The van der Waals surface area contributed by atoms with Gasteiger partial charge in [-0.1, -0.05) is 29.4 Å². The molecule has 1 atom stereocenters. The topological polar surface area (TPSA) is 54.2 Å². The summed E-state index contributed by atoms with van der Waals surface area (Å²) < 4.78 is 60.9. The van der Waals surface area contributed by atoms with Gasteiger partial charge in [-0.2, -0.15) is 4.98 Å². The Morgan fingerprint density at radius 1 is 0.914 bits per heavy atom. The van der Waals surface area contributed by atoms with Crippen molar-refractivity contribution in [2.24, 2.45) is 0 Å². The zero-order valence-corrected chi connectivity index (χ0v) is 18.9. The van der Waals surface area contributed by atoms with Gasteiger partial charge in [-0.05, 0) is 61.1 Å². The van der Waals surface area contributed by atoms with Gasteiger partial charge in [-0.3, -0.25) is 4.90 Å². The summed E-state index contributed by atoms with van der Waals surface area (Å²) in [6.07, 6.45) is 0. The molecule has 0 fully saturated rings. The number of anilines is 1. The summed E-state index contributed by atoms with van der Waals surface area (Å²) >= 11 is 5.53. The van der Waals surface area contributed by atoms with Gasteiger partial charge in [0.25, 0.3) is 5.89 Å². The van der Waals surface area contributed by atoms with Crippen LogP contribution < -0.4 is 10.2 Å². The number of nitrogens with one attached hydrogen (secondary N) is 1. The summed E-state index contributed by atoms with van der Waals surface area (Å²) in [6, 6.07) is 14.3. The maximum absolute atomic E-state index is 14.1. The van der Waals surface area contributed by atoms with Gasteiger partial charge in [0.05, 0.1) is 17.3 Å². The molecule has 1 aromatic heterocycles. The summed E-state index contributed by atoms with van der Waals surface area (Å²) in [4.78, 5) is 5.93. The number of rotatable bonds is 4. The Morgan fingerprint density at radius 2 is 1.66 bits per heavy atom. The Labute approximate surface area is 202 Å². The number of halogens is 4. The third kappa shape index (κ3) is 4.28. The van der Waals surface area contributed by atoms with Gasteiger partial charge in [0.15, 0.2) is 16.7 Å². The van der Waals surface area contributed by atoms with Crippen molar-refractivity contribution >= 4 is 28.6 Å². The van der Waals surface area contributed by atoms with Crippen molar-refractivity contribution in [1.29, 1.82) is 0 Å². The van der Waals surface area contributed by atoms with E-state index in [0.29, 0.717) is 22.4 Å². The number of allylic oxidation sites excluding steroid dienone is 1. The van der Waals surface area contributed by atoms with Crippen LogP contribution >= 0.6 is 12.2 Å². The predicted molar refractivity (Wildman–Crippen MR) is 126 cm³/mol. The van der Waals surface area contributed by atoms with Crippen molar-refractivity contribution in [2.45, 2.75) is 13.0 Å². The lowest BCUT2D eigenvalue weighted by Crippen LogP contribution is -2.46. The molecule has 0 amide bonds. The standard InChI is InChI=1S/C25H16F4N4OS/c1-13-21(24-31-23(32-34-24)15-5-3-7-17(27)11-15)22(14-4-2-6-16(26)10-14)30-25(35)33(13)18-8-9-19(28)20(29)12-18/h2-12,22H,1H3,(H,30,35). The van der Waals surface area contributed by atoms with Crippen LogP contribution in [0.3, 0.4) is 0 Å². The first-order valence-corrected chi connectivity index (χ1v) is 10.8. The number of thiocarbonyl (C=S) groups is 1. The Hall–Kier alpha value is -4.05. The molecule has 1 aliphatic heterocycles. The van der Waals surface area contributed by atoms with Gasteiger partial charge >= 0.3 is 0 Å². The fourth-order valence-electron chi connectivity index (χ4n) is 3.97. The molecular weight excluding hydrogens is 480 g/mol. The molecule has 10 heteroatoms. The lowest BCUT2D eigenvalue weighted by Gasteiger charge is -2.37. The van der Waals surface area contributed by atoms with E-state index in [2.05, 4.69) is 15.5 Å². The van der Waals surface area contributed by atoms with Crippen LogP contribution in [0.25, 0.3) is 17.0 Å². The van der Waals surface area contributed by atoms with E-state index in [1.165, 1.54) is 41.3 Å². The largest absolute Gasteiger partial charge is 0.351 e. The molecule has 0 bridgehead atoms. The van der Waals surface area contributed by atoms with Crippen molar-refractivity contribution < 1.29 is 22.1 Å². The molecule has 0 aliphatic carbocycles. The second kappa shape index (κ2) is 8.95. The van der Waals surface area contributed by atoms with Crippen molar-refractivity contribution in [2.75, 3.05) is 4.90 Å². The first-order valence-electron chi connectivity index (χ1n) is 10.4. The normalized spacial score (nSPS) is 16.0. The Kier molecular flexibility index (Phi) is 5.81. The van der Waals surface area contributed by atoms with Crippen LogP contribution in [0.15, 0.2) is 77.0 Å². The van der Waals surface area contributed by atoms with Crippen LogP contribution in [0.2, 0.25) is 0 Å². The maximum Gasteiger partial charge on any atom is 0.258 e. The van der Waals surface area contributed by atoms with E-state index in [1.54, 1.807) is 25.1 Å². The fraction of sp³-hybridized carbons (Fsp3) is 0.0800. The van der Waals surface area contributed by atoms with E-state index in [9.17, 15) is 17.6 Å². The minimum absolute atomic E-state index is 0.0682.